The van der Waals surface area contributed by atoms with E-state index in [1.165, 1.54) is 13.8 Å². The molecule has 7 nitrogen and oxygen atoms in total. The van der Waals surface area contributed by atoms with E-state index in [-0.39, 0.29) is 11.8 Å². The lowest BCUT2D eigenvalue weighted by molar-refractivity contribution is -0.115. The summed E-state index contributed by atoms with van der Waals surface area (Å²) in [6.45, 7) is 4.59. The zero-order chi connectivity index (χ0) is 19.5. The van der Waals surface area contributed by atoms with Gasteiger partial charge in [0.15, 0.2) is 0 Å². The number of nitrogens with one attached hydrogen (secondary N) is 2. The molecule has 2 amide bonds. The minimum absolute atomic E-state index is 0.110. The maximum atomic E-state index is 11.0. The Morgan fingerprint density at radius 2 is 1.33 bits per heavy atom. The highest BCUT2D eigenvalue weighted by atomic mass is 16.5. The molecule has 0 aromatic heterocycles. The molecule has 27 heavy (non-hydrogen) atoms. The van der Waals surface area contributed by atoms with Crippen LogP contribution in [0.3, 0.4) is 0 Å². The van der Waals surface area contributed by atoms with Crippen LogP contribution in [0.2, 0.25) is 0 Å². The van der Waals surface area contributed by atoms with E-state index in [0.717, 1.165) is 5.69 Å². The van der Waals surface area contributed by atoms with Crippen LogP contribution in [0.1, 0.15) is 13.8 Å². The van der Waals surface area contributed by atoms with Crippen molar-refractivity contribution in [2.75, 3.05) is 37.1 Å². The average molecular weight is 372 g/mol. The first-order chi connectivity index (χ1) is 13.0. The second kappa shape index (κ2) is 10.8. The van der Waals surface area contributed by atoms with Gasteiger partial charge in [0.25, 0.3) is 0 Å². The smallest absolute Gasteiger partial charge is 0.221 e. The molecule has 0 bridgehead atoms. The third-order valence-electron chi connectivity index (χ3n) is 3.32. The van der Waals surface area contributed by atoms with Crippen LogP contribution in [0.15, 0.2) is 48.5 Å². The fraction of sp³-hybridized carbons (Fsp3) is 0.300. The highest BCUT2D eigenvalue weighted by Gasteiger charge is 2.00. The highest BCUT2D eigenvalue weighted by Crippen LogP contribution is 2.17. The lowest BCUT2D eigenvalue weighted by Gasteiger charge is -2.10. The highest BCUT2D eigenvalue weighted by molar-refractivity contribution is 5.89. The van der Waals surface area contributed by atoms with Gasteiger partial charge in [-0.3, -0.25) is 9.59 Å². The molecule has 0 aliphatic heterocycles. The first-order valence-electron chi connectivity index (χ1n) is 8.61. The van der Waals surface area contributed by atoms with E-state index in [1.807, 2.05) is 12.1 Å². The van der Waals surface area contributed by atoms with Crippen LogP contribution in [0.4, 0.5) is 11.4 Å². The van der Waals surface area contributed by atoms with Crippen LogP contribution in [0, 0.1) is 0 Å². The van der Waals surface area contributed by atoms with E-state index in [9.17, 15) is 9.59 Å². The summed E-state index contributed by atoms with van der Waals surface area (Å²) in [7, 11) is 0. The standard InChI is InChI=1S/C20H24N2O5/c1-15(23)21-17-6-8-19(9-7-17)26-12-10-25-11-13-27-20-5-3-4-18(14-20)22-16(2)24/h3-9,14H,10-13H2,1-2H3,(H,21,23)(H,22,24). The first-order valence-corrected chi connectivity index (χ1v) is 8.61. The van der Waals surface area contributed by atoms with E-state index in [4.69, 9.17) is 14.2 Å². The molecule has 2 rings (SSSR count). The van der Waals surface area contributed by atoms with Crippen molar-refractivity contribution in [3.63, 3.8) is 0 Å². The predicted octanol–water partition coefficient (Wildman–Crippen LogP) is 3.08. The van der Waals surface area contributed by atoms with E-state index >= 15 is 0 Å². The zero-order valence-corrected chi connectivity index (χ0v) is 15.5. The summed E-state index contributed by atoms with van der Waals surface area (Å²) in [5.74, 6) is 1.14. The Balaban J connectivity index is 1.58. The van der Waals surface area contributed by atoms with Crippen molar-refractivity contribution in [1.29, 1.82) is 0 Å². The summed E-state index contributed by atoms with van der Waals surface area (Å²) >= 11 is 0. The number of rotatable bonds is 10. The molecule has 144 valence electrons. The SMILES string of the molecule is CC(=O)Nc1ccc(OCCOCCOc2cccc(NC(C)=O)c2)cc1. The van der Waals surface area contributed by atoms with Crippen LogP contribution < -0.4 is 20.1 Å². The summed E-state index contributed by atoms with van der Waals surface area (Å²) in [6.07, 6.45) is 0. The molecule has 0 radical (unpaired) electrons. The number of hydrogen-bond acceptors (Lipinski definition) is 5. The Bertz CT molecular complexity index is 746. The van der Waals surface area contributed by atoms with Crippen LogP contribution >= 0.6 is 0 Å². The van der Waals surface area contributed by atoms with Gasteiger partial charge in [-0.15, -0.1) is 0 Å². The number of hydrogen-bond donors (Lipinski definition) is 2. The molecular formula is C20H24N2O5. The van der Waals surface area contributed by atoms with Crippen LogP contribution in [0.5, 0.6) is 11.5 Å². The van der Waals surface area contributed by atoms with Gasteiger partial charge in [0, 0.05) is 31.3 Å². The fourth-order valence-corrected chi connectivity index (χ4v) is 2.24. The van der Waals surface area contributed by atoms with Gasteiger partial charge >= 0.3 is 0 Å². The van der Waals surface area contributed by atoms with Gasteiger partial charge in [-0.1, -0.05) is 6.07 Å². The summed E-state index contributed by atoms with van der Waals surface area (Å²) in [5, 5.41) is 5.40. The number of carbonyl (C=O) groups excluding carboxylic acids is 2. The Morgan fingerprint density at radius 1 is 0.741 bits per heavy atom. The Hall–Kier alpha value is -3.06. The molecule has 0 saturated heterocycles. The van der Waals surface area contributed by atoms with Crippen molar-refractivity contribution in [3.8, 4) is 11.5 Å². The molecule has 0 fully saturated rings. The van der Waals surface area contributed by atoms with Crippen molar-refractivity contribution < 1.29 is 23.8 Å². The van der Waals surface area contributed by atoms with Crippen molar-refractivity contribution in [1.82, 2.24) is 0 Å². The monoisotopic (exact) mass is 372 g/mol. The molecule has 7 heteroatoms. The van der Waals surface area contributed by atoms with Gasteiger partial charge in [-0.25, -0.2) is 0 Å². The van der Waals surface area contributed by atoms with Crippen LogP contribution in [-0.4, -0.2) is 38.2 Å². The molecule has 2 aromatic rings. The minimum atomic E-state index is -0.125. The third kappa shape index (κ3) is 8.24. The van der Waals surface area contributed by atoms with Crippen LogP contribution in [0.25, 0.3) is 0 Å². The zero-order valence-electron chi connectivity index (χ0n) is 15.5. The summed E-state index contributed by atoms with van der Waals surface area (Å²) in [6, 6.07) is 14.3. The lowest BCUT2D eigenvalue weighted by Crippen LogP contribution is -2.12. The normalized spacial score (nSPS) is 10.1. The Labute approximate surface area is 158 Å². The quantitative estimate of drug-likeness (QED) is 0.626. The van der Waals surface area contributed by atoms with E-state index in [0.29, 0.717) is 43.6 Å². The lowest BCUT2D eigenvalue weighted by atomic mass is 10.3. The number of amides is 2. The molecule has 2 aromatic carbocycles. The first kappa shape index (κ1) is 20.3. The molecule has 0 saturated carbocycles. The predicted molar refractivity (Wildman–Crippen MR) is 103 cm³/mol. The number of carbonyl (C=O) groups is 2. The molecule has 2 N–H and O–H groups in total. The number of anilines is 2. The van der Waals surface area contributed by atoms with Crippen molar-refractivity contribution in [3.05, 3.63) is 48.5 Å². The van der Waals surface area contributed by atoms with Crippen molar-refractivity contribution in [2.24, 2.45) is 0 Å². The molecule has 0 atom stereocenters. The maximum absolute atomic E-state index is 11.0. The third-order valence-corrected chi connectivity index (χ3v) is 3.32. The van der Waals surface area contributed by atoms with E-state index in [1.54, 1.807) is 36.4 Å². The molecule has 0 heterocycles. The Morgan fingerprint density at radius 3 is 1.96 bits per heavy atom. The second-order valence-electron chi connectivity index (χ2n) is 5.72. The molecule has 0 aliphatic carbocycles. The number of ether oxygens (including phenoxy) is 3. The van der Waals surface area contributed by atoms with Gasteiger partial charge in [0.05, 0.1) is 13.2 Å². The van der Waals surface area contributed by atoms with Gasteiger partial charge in [-0.2, -0.15) is 0 Å². The minimum Gasteiger partial charge on any atom is -0.491 e. The summed E-state index contributed by atoms with van der Waals surface area (Å²) in [4.78, 5) is 22.0. The van der Waals surface area contributed by atoms with Crippen molar-refractivity contribution >= 4 is 23.2 Å². The van der Waals surface area contributed by atoms with Gasteiger partial charge < -0.3 is 24.8 Å². The van der Waals surface area contributed by atoms with Gasteiger partial charge in [0.1, 0.15) is 24.7 Å². The maximum Gasteiger partial charge on any atom is 0.221 e. The largest absolute Gasteiger partial charge is 0.491 e. The molecule has 0 aliphatic rings. The second-order valence-corrected chi connectivity index (χ2v) is 5.72. The van der Waals surface area contributed by atoms with Gasteiger partial charge in [-0.05, 0) is 36.4 Å². The number of benzene rings is 2. The Kier molecular flexibility index (Phi) is 8.12. The molecular weight excluding hydrogens is 348 g/mol. The average Bonchev–Trinajstić information content (AvgIpc) is 2.61. The van der Waals surface area contributed by atoms with E-state index in [2.05, 4.69) is 10.6 Å². The van der Waals surface area contributed by atoms with Crippen LogP contribution in [-0.2, 0) is 14.3 Å². The van der Waals surface area contributed by atoms with E-state index < -0.39 is 0 Å². The molecule has 0 unspecified atom stereocenters. The van der Waals surface area contributed by atoms with Crippen molar-refractivity contribution in [2.45, 2.75) is 13.8 Å². The summed E-state index contributed by atoms with van der Waals surface area (Å²) < 4.78 is 16.6. The summed E-state index contributed by atoms with van der Waals surface area (Å²) in [5.41, 5.74) is 1.42. The topological polar surface area (TPSA) is 85.9 Å². The molecule has 0 spiro atoms. The van der Waals surface area contributed by atoms with Gasteiger partial charge in [0.2, 0.25) is 11.8 Å². The fourth-order valence-electron chi connectivity index (χ4n) is 2.24.